The Bertz CT molecular complexity index is 1540. The molecular weight excluding hydrogens is 460 g/mol. The number of hydrogen-bond donors (Lipinski definition) is 2. The number of furan rings is 1. The summed E-state index contributed by atoms with van der Waals surface area (Å²) < 4.78 is 39.3. The van der Waals surface area contributed by atoms with E-state index in [1.54, 1.807) is 18.2 Å². The summed E-state index contributed by atoms with van der Waals surface area (Å²) in [5.41, 5.74) is -0.242. The van der Waals surface area contributed by atoms with E-state index in [0.717, 1.165) is 17.0 Å². The van der Waals surface area contributed by atoms with Crippen molar-refractivity contribution >= 4 is 28.3 Å². The van der Waals surface area contributed by atoms with E-state index in [-0.39, 0.29) is 33.9 Å². The number of carbonyl (C=O) groups is 2. The molecule has 5 rings (SSSR count). The second-order valence-corrected chi connectivity index (χ2v) is 7.85. The summed E-state index contributed by atoms with van der Waals surface area (Å²) in [4.78, 5) is 27.6. The number of carbonyl (C=O) groups excluding carboxylic acids is 2. The fourth-order valence-electron chi connectivity index (χ4n) is 4.21. The molecule has 176 valence electrons. The monoisotopic (exact) mass is 477 g/mol. The van der Waals surface area contributed by atoms with Crippen LogP contribution in [0.15, 0.2) is 82.5 Å². The minimum atomic E-state index is -1.34. The second kappa shape index (κ2) is 8.28. The fraction of sp³-hybridized carbons (Fsp3) is 0.0769. The number of phenols is 1. The first-order valence-electron chi connectivity index (χ1n) is 10.4. The second-order valence-electron chi connectivity index (χ2n) is 7.85. The van der Waals surface area contributed by atoms with E-state index >= 15 is 0 Å². The van der Waals surface area contributed by atoms with Crippen LogP contribution >= 0.6 is 0 Å². The Kier molecular flexibility index (Phi) is 5.24. The highest BCUT2D eigenvalue weighted by atomic mass is 19.1. The first-order valence-corrected chi connectivity index (χ1v) is 10.4. The zero-order valence-corrected chi connectivity index (χ0v) is 18.2. The molecule has 35 heavy (non-hydrogen) atoms. The number of halogens is 2. The van der Waals surface area contributed by atoms with Gasteiger partial charge in [-0.05, 0) is 42.0 Å². The lowest BCUT2D eigenvalue weighted by molar-refractivity contribution is -0.117. The summed E-state index contributed by atoms with van der Waals surface area (Å²) in [6, 6.07) is 13.3. The molecule has 0 spiro atoms. The van der Waals surface area contributed by atoms with Gasteiger partial charge in [0.05, 0.1) is 24.4 Å². The Morgan fingerprint density at radius 2 is 1.80 bits per heavy atom. The van der Waals surface area contributed by atoms with Gasteiger partial charge in [0.25, 0.3) is 5.91 Å². The van der Waals surface area contributed by atoms with E-state index in [2.05, 4.69) is 0 Å². The number of benzene rings is 3. The van der Waals surface area contributed by atoms with Crippen LogP contribution in [0.3, 0.4) is 0 Å². The maximum Gasteiger partial charge on any atom is 0.294 e. The number of rotatable bonds is 5. The molecule has 2 N–H and O–H groups in total. The Morgan fingerprint density at radius 1 is 1.03 bits per heavy atom. The van der Waals surface area contributed by atoms with Crippen molar-refractivity contribution in [3.05, 3.63) is 101 Å². The summed E-state index contributed by atoms with van der Waals surface area (Å²) in [6.07, 6.45) is 0. The summed E-state index contributed by atoms with van der Waals surface area (Å²) in [7, 11) is 1.44. The molecule has 1 unspecified atom stereocenters. The molecule has 3 aromatic carbocycles. The van der Waals surface area contributed by atoms with Crippen molar-refractivity contribution in [2.75, 3.05) is 12.0 Å². The van der Waals surface area contributed by atoms with E-state index in [0.29, 0.717) is 17.2 Å². The third-order valence-corrected chi connectivity index (χ3v) is 5.76. The van der Waals surface area contributed by atoms with Gasteiger partial charge in [0.1, 0.15) is 17.4 Å². The van der Waals surface area contributed by atoms with Crippen LogP contribution in [-0.4, -0.2) is 29.0 Å². The van der Waals surface area contributed by atoms with Crippen LogP contribution in [0.4, 0.5) is 14.5 Å². The number of Topliss-reactive ketones (excluding diaryl/α,β-unsaturated/α-hetero) is 1. The number of ketones is 1. The van der Waals surface area contributed by atoms with E-state index < -0.39 is 35.1 Å². The largest absolute Gasteiger partial charge is 0.508 e. The molecule has 1 aliphatic rings. The Morgan fingerprint density at radius 3 is 2.51 bits per heavy atom. The van der Waals surface area contributed by atoms with Crippen LogP contribution in [0.2, 0.25) is 0 Å². The molecule has 0 aliphatic carbocycles. The minimum absolute atomic E-state index is 0.180. The Hall–Kier alpha value is -4.66. The summed E-state index contributed by atoms with van der Waals surface area (Å²) in [6.45, 7) is 0. The lowest BCUT2D eigenvalue weighted by atomic mass is 9.94. The average molecular weight is 477 g/mol. The lowest BCUT2D eigenvalue weighted by Crippen LogP contribution is -2.31. The van der Waals surface area contributed by atoms with Crippen molar-refractivity contribution in [1.82, 2.24) is 0 Å². The molecule has 0 bridgehead atoms. The smallest absolute Gasteiger partial charge is 0.294 e. The molecule has 7 nitrogen and oxygen atoms in total. The minimum Gasteiger partial charge on any atom is -0.508 e. The summed E-state index contributed by atoms with van der Waals surface area (Å²) in [5, 5.41) is 21.4. The van der Waals surface area contributed by atoms with Gasteiger partial charge in [0, 0.05) is 11.5 Å². The van der Waals surface area contributed by atoms with Crippen LogP contribution < -0.4 is 9.64 Å². The molecule has 0 saturated carbocycles. The maximum atomic E-state index is 14.7. The number of anilines is 1. The number of aliphatic hydroxyl groups excluding tert-OH is 1. The van der Waals surface area contributed by atoms with Crippen molar-refractivity contribution in [3.63, 3.8) is 0 Å². The van der Waals surface area contributed by atoms with Gasteiger partial charge in [-0.1, -0.05) is 24.3 Å². The van der Waals surface area contributed by atoms with Crippen molar-refractivity contribution in [1.29, 1.82) is 0 Å². The lowest BCUT2D eigenvalue weighted by Gasteiger charge is -2.27. The number of nitrogens with zero attached hydrogens (tertiary/aromatic N) is 1. The topological polar surface area (TPSA) is 100 Å². The summed E-state index contributed by atoms with van der Waals surface area (Å²) in [5.74, 6) is -4.74. The number of aliphatic hydroxyl groups is 1. The van der Waals surface area contributed by atoms with Crippen LogP contribution in [0.1, 0.15) is 22.2 Å². The van der Waals surface area contributed by atoms with Gasteiger partial charge in [-0.3, -0.25) is 14.5 Å². The third kappa shape index (κ3) is 3.57. The van der Waals surface area contributed by atoms with Gasteiger partial charge in [-0.2, -0.15) is 0 Å². The third-order valence-electron chi connectivity index (χ3n) is 5.76. The molecule has 2 heterocycles. The van der Waals surface area contributed by atoms with Crippen LogP contribution in [0, 0.1) is 11.6 Å². The van der Waals surface area contributed by atoms with E-state index in [1.165, 1.54) is 37.4 Å². The number of amides is 1. The highest BCUT2D eigenvalue weighted by Gasteiger charge is 2.46. The first kappa shape index (κ1) is 22.1. The standard InChI is InChI=1S/C26H17F2NO6/c1-34-19-7-3-5-14-11-20(35-25(14)19)23(31)21-22(13-4-2-6-16(30)10-13)29(26(33)24(21)32)18-9-8-15(27)12-17(18)28/h2-12,22,30,32H,1H3. The molecule has 1 aromatic heterocycles. The van der Waals surface area contributed by atoms with Crippen molar-refractivity contribution in [3.8, 4) is 11.5 Å². The predicted octanol–water partition coefficient (Wildman–Crippen LogP) is 5.21. The van der Waals surface area contributed by atoms with E-state index in [4.69, 9.17) is 9.15 Å². The highest BCUT2D eigenvalue weighted by molar-refractivity contribution is 6.20. The number of hydrogen-bond acceptors (Lipinski definition) is 6. The molecule has 0 radical (unpaired) electrons. The number of aromatic hydroxyl groups is 1. The van der Waals surface area contributed by atoms with Gasteiger partial charge >= 0.3 is 0 Å². The SMILES string of the molecule is COc1cccc2cc(C(=O)C3=C(O)C(=O)N(c4ccc(F)cc4F)C3c3cccc(O)c3)oc12. The number of ether oxygens (including phenoxy) is 1. The molecule has 4 aromatic rings. The zero-order chi connectivity index (χ0) is 24.9. The Labute approximate surface area is 197 Å². The van der Waals surface area contributed by atoms with Crippen LogP contribution in [-0.2, 0) is 4.79 Å². The molecule has 1 amide bonds. The molecule has 0 saturated heterocycles. The number of fused-ring (bicyclic) bond motifs is 1. The van der Waals surface area contributed by atoms with Gasteiger partial charge < -0.3 is 19.4 Å². The van der Waals surface area contributed by atoms with Crippen molar-refractivity contribution in [2.24, 2.45) is 0 Å². The quantitative estimate of drug-likeness (QED) is 0.383. The molecular formula is C26H17F2NO6. The van der Waals surface area contributed by atoms with E-state index in [1.807, 2.05) is 0 Å². The first-order chi connectivity index (χ1) is 16.8. The van der Waals surface area contributed by atoms with Crippen molar-refractivity contribution < 1.29 is 37.7 Å². The number of phenolic OH excluding ortho intramolecular Hbond substituents is 1. The normalized spacial score (nSPS) is 15.8. The fourth-order valence-corrected chi connectivity index (χ4v) is 4.21. The zero-order valence-electron chi connectivity index (χ0n) is 18.2. The molecule has 9 heteroatoms. The van der Waals surface area contributed by atoms with Gasteiger partial charge in [0.15, 0.2) is 22.9 Å². The molecule has 1 atom stereocenters. The van der Waals surface area contributed by atoms with Crippen molar-refractivity contribution in [2.45, 2.75) is 6.04 Å². The average Bonchev–Trinajstić information content (AvgIpc) is 3.38. The predicted molar refractivity (Wildman–Crippen MR) is 121 cm³/mol. The van der Waals surface area contributed by atoms with Gasteiger partial charge in [-0.25, -0.2) is 8.78 Å². The maximum absolute atomic E-state index is 14.7. The van der Waals surface area contributed by atoms with E-state index in [9.17, 15) is 28.6 Å². The summed E-state index contributed by atoms with van der Waals surface area (Å²) >= 11 is 0. The molecule has 0 fully saturated rings. The molecule has 1 aliphatic heterocycles. The van der Waals surface area contributed by atoms with Gasteiger partial charge in [0.2, 0.25) is 5.78 Å². The number of para-hydroxylation sites is 1. The van der Waals surface area contributed by atoms with Gasteiger partial charge in [-0.15, -0.1) is 0 Å². The van der Waals surface area contributed by atoms with Crippen LogP contribution in [0.5, 0.6) is 11.5 Å². The number of methoxy groups -OCH3 is 1. The van der Waals surface area contributed by atoms with Crippen LogP contribution in [0.25, 0.3) is 11.0 Å². The Balaban J connectivity index is 1.69. The highest BCUT2D eigenvalue weighted by Crippen LogP contribution is 2.44.